The average molecular weight is 511 g/mol. The fourth-order valence-corrected chi connectivity index (χ4v) is 5.68. The first kappa shape index (κ1) is 27.4. The summed E-state index contributed by atoms with van der Waals surface area (Å²) in [5.41, 5.74) is 1.03. The molecule has 0 saturated carbocycles. The summed E-state index contributed by atoms with van der Waals surface area (Å²) in [7, 11) is 0. The van der Waals surface area contributed by atoms with Gasteiger partial charge in [-0.15, -0.1) is 9.18 Å². The molecule has 0 saturated heterocycles. The van der Waals surface area contributed by atoms with Crippen molar-refractivity contribution in [1.82, 2.24) is 0 Å². The van der Waals surface area contributed by atoms with E-state index in [1.807, 2.05) is 55.5 Å². The number of quaternary nitrogens is 2. The number of hydrogen-bond acceptors (Lipinski definition) is 6. The SMILES string of the molecule is CCCCOCC(O)C[N+]1([N+]2(CC(O)COc3ccccc3)CCN=C2c2ccccc2)CCN=C1C. The van der Waals surface area contributed by atoms with Gasteiger partial charge in [-0.1, -0.05) is 49.7 Å². The van der Waals surface area contributed by atoms with E-state index in [0.29, 0.717) is 48.5 Å². The van der Waals surface area contributed by atoms with Crippen molar-refractivity contribution < 1.29 is 28.9 Å². The summed E-state index contributed by atoms with van der Waals surface area (Å²) >= 11 is 0. The van der Waals surface area contributed by atoms with Crippen molar-refractivity contribution >= 4 is 11.7 Å². The van der Waals surface area contributed by atoms with Crippen LogP contribution in [0.15, 0.2) is 70.6 Å². The molecule has 4 atom stereocenters. The Labute approximate surface area is 220 Å². The lowest BCUT2D eigenvalue weighted by Crippen LogP contribution is -2.78. The summed E-state index contributed by atoms with van der Waals surface area (Å²) in [4.78, 5) is 9.83. The van der Waals surface area contributed by atoms with Gasteiger partial charge in [0.05, 0.1) is 25.3 Å². The maximum Gasteiger partial charge on any atom is 0.279 e. The van der Waals surface area contributed by atoms with Crippen molar-refractivity contribution in [3.8, 4) is 5.75 Å². The van der Waals surface area contributed by atoms with Crippen LogP contribution in [-0.2, 0) is 4.74 Å². The lowest BCUT2D eigenvalue weighted by molar-refractivity contribution is -1.41. The molecule has 8 heteroatoms. The van der Waals surface area contributed by atoms with E-state index >= 15 is 0 Å². The summed E-state index contributed by atoms with van der Waals surface area (Å²) < 4.78 is 12.6. The van der Waals surface area contributed by atoms with Crippen LogP contribution >= 0.6 is 0 Å². The highest BCUT2D eigenvalue weighted by Crippen LogP contribution is 2.35. The van der Waals surface area contributed by atoms with Gasteiger partial charge in [-0.2, -0.15) is 0 Å². The van der Waals surface area contributed by atoms with E-state index in [1.165, 1.54) is 0 Å². The average Bonchev–Trinajstić information content (AvgIpc) is 3.51. The molecule has 2 aliphatic rings. The molecule has 200 valence electrons. The van der Waals surface area contributed by atoms with Crippen LogP contribution in [0.1, 0.15) is 32.3 Å². The second-order valence-corrected chi connectivity index (χ2v) is 10.0. The Morgan fingerprint density at radius 1 is 0.838 bits per heavy atom. The number of aliphatic hydroxyl groups is 2. The third-order valence-corrected chi connectivity index (χ3v) is 7.47. The zero-order valence-electron chi connectivity index (χ0n) is 22.2. The number of aliphatic hydroxyl groups excluding tert-OH is 2. The van der Waals surface area contributed by atoms with Crippen molar-refractivity contribution in [3.63, 3.8) is 0 Å². The summed E-state index contributed by atoms with van der Waals surface area (Å²) in [5, 5.41) is 22.5. The predicted octanol–water partition coefficient (Wildman–Crippen LogP) is 3.04. The van der Waals surface area contributed by atoms with E-state index < -0.39 is 12.2 Å². The number of hydrogen-bond donors (Lipinski definition) is 2. The highest BCUT2D eigenvalue weighted by atomic mass is 16.5. The standard InChI is InChI=1S/C29H42N4O4/c1-3-4-19-36-22-26(34)20-32(17-15-30-24(32)2)33(18-16-31-29(33)25-11-7-5-8-12-25)21-27(35)23-37-28-13-9-6-10-14-28/h5-14,26-27,34-35H,3-4,15-23H2,1-2H3/q+2. The highest BCUT2D eigenvalue weighted by Gasteiger charge is 2.62. The number of aliphatic imine (C=N–C) groups is 2. The molecule has 2 N–H and O–H groups in total. The zero-order valence-corrected chi connectivity index (χ0v) is 22.2. The Morgan fingerprint density at radius 2 is 1.46 bits per heavy atom. The number of para-hydroxylation sites is 1. The van der Waals surface area contributed by atoms with Crippen LogP contribution in [0.4, 0.5) is 0 Å². The molecule has 0 spiro atoms. The number of amidine groups is 2. The van der Waals surface area contributed by atoms with Crippen LogP contribution < -0.4 is 4.74 Å². The van der Waals surface area contributed by atoms with Crippen molar-refractivity contribution in [3.05, 3.63) is 66.2 Å². The maximum absolute atomic E-state index is 11.4. The predicted molar refractivity (Wildman–Crippen MR) is 145 cm³/mol. The first-order valence-electron chi connectivity index (χ1n) is 13.5. The monoisotopic (exact) mass is 510 g/mol. The fraction of sp³-hybridized carbons (Fsp3) is 0.517. The minimum absolute atomic E-state index is 0.172. The van der Waals surface area contributed by atoms with Gasteiger partial charge < -0.3 is 19.7 Å². The van der Waals surface area contributed by atoms with Crippen molar-refractivity contribution in [2.75, 3.05) is 59.1 Å². The van der Waals surface area contributed by atoms with Crippen LogP contribution in [0.25, 0.3) is 0 Å². The normalized spacial score (nSPS) is 25.0. The topological polar surface area (TPSA) is 83.6 Å². The van der Waals surface area contributed by atoms with E-state index in [2.05, 4.69) is 19.1 Å². The second-order valence-electron chi connectivity index (χ2n) is 10.0. The molecular formula is C29H42N4O4+2. The first-order chi connectivity index (χ1) is 18.0. The van der Waals surface area contributed by atoms with Gasteiger partial charge in [-0.3, -0.25) is 0 Å². The molecule has 2 aromatic rings. The second kappa shape index (κ2) is 12.8. The summed E-state index contributed by atoms with van der Waals surface area (Å²) in [6.07, 6.45) is 0.631. The quantitative estimate of drug-likeness (QED) is 0.302. The molecular weight excluding hydrogens is 468 g/mol. The smallest absolute Gasteiger partial charge is 0.279 e. The van der Waals surface area contributed by atoms with E-state index in [4.69, 9.17) is 19.5 Å². The van der Waals surface area contributed by atoms with Crippen molar-refractivity contribution in [2.45, 2.75) is 38.9 Å². The number of unbranched alkanes of at least 4 members (excludes halogenated alkanes) is 1. The van der Waals surface area contributed by atoms with Gasteiger partial charge in [0.25, 0.3) is 5.84 Å². The van der Waals surface area contributed by atoms with E-state index in [-0.39, 0.29) is 13.2 Å². The van der Waals surface area contributed by atoms with Gasteiger partial charge >= 0.3 is 0 Å². The molecule has 0 aliphatic carbocycles. The van der Waals surface area contributed by atoms with E-state index in [9.17, 15) is 10.2 Å². The Kier molecular flexibility index (Phi) is 9.45. The number of nitrogens with zero attached hydrogens (tertiary/aromatic N) is 4. The minimum Gasteiger partial charge on any atom is -0.491 e. The lowest BCUT2D eigenvalue weighted by Gasteiger charge is -2.49. The van der Waals surface area contributed by atoms with E-state index in [0.717, 1.165) is 42.4 Å². The molecule has 37 heavy (non-hydrogen) atoms. The van der Waals surface area contributed by atoms with Crippen molar-refractivity contribution in [1.29, 1.82) is 0 Å². The van der Waals surface area contributed by atoms with Gasteiger partial charge in [0, 0.05) is 13.5 Å². The van der Waals surface area contributed by atoms with Gasteiger partial charge in [-0.05, 0) is 30.7 Å². The Balaban J connectivity index is 1.64. The third kappa shape index (κ3) is 6.10. The van der Waals surface area contributed by atoms with Gasteiger partial charge in [0.1, 0.15) is 37.7 Å². The molecule has 4 rings (SSSR count). The fourth-order valence-electron chi connectivity index (χ4n) is 5.68. The van der Waals surface area contributed by atoms with Crippen LogP contribution in [0.3, 0.4) is 0 Å². The van der Waals surface area contributed by atoms with Crippen LogP contribution in [-0.4, -0.2) is 102 Å². The summed E-state index contributed by atoms with van der Waals surface area (Å²) in [5.74, 6) is 2.61. The van der Waals surface area contributed by atoms with Gasteiger partial charge in [0.2, 0.25) is 5.84 Å². The molecule has 0 aromatic heterocycles. The van der Waals surface area contributed by atoms with Crippen molar-refractivity contribution in [2.24, 2.45) is 9.98 Å². The van der Waals surface area contributed by atoms with Gasteiger partial charge in [0.15, 0.2) is 13.1 Å². The van der Waals surface area contributed by atoms with E-state index in [1.54, 1.807) is 0 Å². The molecule has 8 nitrogen and oxygen atoms in total. The molecule has 2 aliphatic heterocycles. The Bertz CT molecular complexity index is 1050. The zero-order chi connectivity index (χ0) is 26.1. The molecule has 0 amide bonds. The lowest BCUT2D eigenvalue weighted by atomic mass is 10.1. The van der Waals surface area contributed by atoms with Crippen LogP contribution in [0.2, 0.25) is 0 Å². The molecule has 0 radical (unpaired) electrons. The highest BCUT2D eigenvalue weighted by molar-refractivity contribution is 5.94. The number of benzene rings is 2. The molecule has 2 heterocycles. The molecule has 0 bridgehead atoms. The third-order valence-electron chi connectivity index (χ3n) is 7.47. The first-order valence-corrected chi connectivity index (χ1v) is 13.5. The van der Waals surface area contributed by atoms with Crippen LogP contribution in [0, 0.1) is 0 Å². The Morgan fingerprint density at radius 3 is 2.14 bits per heavy atom. The Hall–Kier alpha value is -2.62. The van der Waals surface area contributed by atoms with Gasteiger partial charge in [-0.25, -0.2) is 9.98 Å². The van der Waals surface area contributed by atoms with Crippen LogP contribution in [0.5, 0.6) is 5.75 Å². The molecule has 0 fully saturated rings. The number of ether oxygens (including phenoxy) is 2. The minimum atomic E-state index is -0.742. The molecule has 4 unspecified atom stereocenters. The number of rotatable bonds is 14. The molecule has 2 aromatic carbocycles. The summed E-state index contributed by atoms with van der Waals surface area (Å²) in [6, 6.07) is 19.8. The largest absolute Gasteiger partial charge is 0.491 e. The maximum atomic E-state index is 11.4. The summed E-state index contributed by atoms with van der Waals surface area (Å²) in [6.45, 7) is 8.88.